The van der Waals surface area contributed by atoms with Crippen LogP contribution >= 0.6 is 0 Å². The number of piperidine rings is 2. The van der Waals surface area contributed by atoms with Crippen molar-refractivity contribution < 1.29 is 14.3 Å². The highest BCUT2D eigenvalue weighted by Crippen LogP contribution is 2.29. The maximum absolute atomic E-state index is 12.3. The number of nitrogens with one attached hydrogen (secondary N) is 2. The van der Waals surface area contributed by atoms with Crippen molar-refractivity contribution in [2.75, 3.05) is 13.1 Å². The molecule has 2 aliphatic rings. The first-order chi connectivity index (χ1) is 11.6. The fraction of sp³-hybridized carbons (Fsp3) is 0.529. The van der Waals surface area contributed by atoms with E-state index in [1.807, 2.05) is 18.2 Å². The summed E-state index contributed by atoms with van der Waals surface area (Å²) in [7, 11) is 0. The lowest BCUT2D eigenvalue weighted by Crippen LogP contribution is -2.46. The standard InChI is InChI=1S/C17H21N3O4/c21-15-4-3-13(16(22)19-15)20-12-2-1-11(9-14(12)24-17(20)23)10-5-7-18-8-6-10/h1-2,9-10,13,15,18,21H,3-8H2,(H,19,22). The van der Waals surface area contributed by atoms with Crippen LogP contribution in [0.2, 0.25) is 0 Å². The third-order valence-electron chi connectivity index (χ3n) is 5.08. The van der Waals surface area contributed by atoms with Crippen LogP contribution in [0, 0.1) is 0 Å². The van der Waals surface area contributed by atoms with E-state index in [9.17, 15) is 14.7 Å². The number of oxazole rings is 1. The van der Waals surface area contributed by atoms with Crippen molar-refractivity contribution >= 4 is 17.0 Å². The third kappa shape index (κ3) is 2.63. The van der Waals surface area contributed by atoms with Gasteiger partial charge < -0.3 is 20.2 Å². The number of rotatable bonds is 2. The van der Waals surface area contributed by atoms with Crippen molar-refractivity contribution in [1.82, 2.24) is 15.2 Å². The van der Waals surface area contributed by atoms with Gasteiger partial charge in [-0.15, -0.1) is 0 Å². The number of benzene rings is 1. The minimum atomic E-state index is -0.839. The van der Waals surface area contributed by atoms with Crippen LogP contribution in [0.5, 0.6) is 0 Å². The van der Waals surface area contributed by atoms with Gasteiger partial charge in [-0.1, -0.05) is 6.07 Å². The summed E-state index contributed by atoms with van der Waals surface area (Å²) in [5, 5.41) is 15.3. The van der Waals surface area contributed by atoms with E-state index in [4.69, 9.17) is 4.42 Å². The monoisotopic (exact) mass is 331 g/mol. The van der Waals surface area contributed by atoms with Crippen LogP contribution in [0.3, 0.4) is 0 Å². The second-order valence-electron chi connectivity index (χ2n) is 6.61. The second-order valence-corrected chi connectivity index (χ2v) is 6.61. The van der Waals surface area contributed by atoms with Gasteiger partial charge in [0.1, 0.15) is 12.3 Å². The summed E-state index contributed by atoms with van der Waals surface area (Å²) < 4.78 is 6.81. The van der Waals surface area contributed by atoms with E-state index in [2.05, 4.69) is 10.6 Å². The number of aromatic nitrogens is 1. The normalized spacial score (nSPS) is 25.8. The summed E-state index contributed by atoms with van der Waals surface area (Å²) in [4.78, 5) is 24.4. The number of amides is 1. The molecule has 7 nitrogen and oxygen atoms in total. The van der Waals surface area contributed by atoms with E-state index in [-0.39, 0.29) is 5.91 Å². The third-order valence-corrected chi connectivity index (χ3v) is 5.08. The largest absolute Gasteiger partial charge is 0.420 e. The Morgan fingerprint density at radius 2 is 1.92 bits per heavy atom. The van der Waals surface area contributed by atoms with E-state index in [0.29, 0.717) is 29.9 Å². The lowest BCUT2D eigenvalue weighted by Gasteiger charge is -2.26. The molecule has 2 fully saturated rings. The van der Waals surface area contributed by atoms with Gasteiger partial charge in [0.15, 0.2) is 5.58 Å². The maximum Gasteiger partial charge on any atom is 0.420 e. The Kier molecular flexibility index (Phi) is 3.90. The summed E-state index contributed by atoms with van der Waals surface area (Å²) in [6.07, 6.45) is 2.13. The van der Waals surface area contributed by atoms with E-state index in [1.165, 1.54) is 10.1 Å². The van der Waals surface area contributed by atoms with Crippen molar-refractivity contribution in [3.8, 4) is 0 Å². The zero-order valence-electron chi connectivity index (χ0n) is 13.3. The molecule has 0 radical (unpaired) electrons. The number of fused-ring (bicyclic) bond motifs is 1. The first kappa shape index (κ1) is 15.4. The van der Waals surface area contributed by atoms with Crippen LogP contribution in [0.1, 0.15) is 43.2 Å². The predicted octanol–water partition coefficient (Wildman–Crippen LogP) is 0.831. The number of aliphatic hydroxyl groups is 1. The quantitative estimate of drug-likeness (QED) is 0.757. The van der Waals surface area contributed by atoms with Gasteiger partial charge in [-0.05, 0) is 62.4 Å². The molecule has 4 rings (SSSR count). The number of carbonyl (C=O) groups excluding carboxylic acids is 1. The first-order valence-electron chi connectivity index (χ1n) is 8.47. The summed E-state index contributed by atoms with van der Waals surface area (Å²) in [5.74, 6) is -0.401. The Morgan fingerprint density at radius 1 is 1.12 bits per heavy atom. The number of aliphatic hydroxyl groups excluding tert-OH is 1. The van der Waals surface area contributed by atoms with E-state index < -0.39 is 18.0 Å². The fourth-order valence-electron chi connectivity index (χ4n) is 3.78. The minimum absolute atomic E-state index is 0.346. The molecule has 1 aromatic carbocycles. The highest BCUT2D eigenvalue weighted by atomic mass is 16.4. The predicted molar refractivity (Wildman–Crippen MR) is 87.7 cm³/mol. The fourth-order valence-corrected chi connectivity index (χ4v) is 3.78. The molecule has 24 heavy (non-hydrogen) atoms. The van der Waals surface area contributed by atoms with Gasteiger partial charge >= 0.3 is 5.76 Å². The highest BCUT2D eigenvalue weighted by Gasteiger charge is 2.31. The average molecular weight is 331 g/mol. The minimum Gasteiger partial charge on any atom is -0.408 e. The Morgan fingerprint density at radius 3 is 2.67 bits per heavy atom. The first-order valence-corrected chi connectivity index (χ1v) is 8.47. The van der Waals surface area contributed by atoms with E-state index in [1.54, 1.807) is 0 Å². The van der Waals surface area contributed by atoms with Crippen LogP contribution in [-0.4, -0.2) is 34.9 Å². The van der Waals surface area contributed by atoms with Gasteiger partial charge in [0.05, 0.1) is 5.52 Å². The number of hydrogen-bond donors (Lipinski definition) is 3. The molecule has 0 bridgehead atoms. The van der Waals surface area contributed by atoms with Gasteiger partial charge in [0.2, 0.25) is 5.91 Å². The Balaban J connectivity index is 1.71. The lowest BCUT2D eigenvalue weighted by molar-refractivity contribution is -0.130. The van der Waals surface area contributed by atoms with Gasteiger partial charge in [0, 0.05) is 0 Å². The molecule has 0 aliphatic carbocycles. The second kappa shape index (κ2) is 6.07. The van der Waals surface area contributed by atoms with Crippen LogP contribution in [0.25, 0.3) is 11.1 Å². The van der Waals surface area contributed by atoms with E-state index in [0.717, 1.165) is 25.9 Å². The SMILES string of the molecule is O=C1NC(O)CCC1n1c(=O)oc2cc(C3CCNCC3)ccc21. The molecule has 128 valence electrons. The molecule has 7 heteroatoms. The van der Waals surface area contributed by atoms with Crippen LogP contribution < -0.4 is 16.4 Å². The molecular formula is C17H21N3O4. The smallest absolute Gasteiger partial charge is 0.408 e. The van der Waals surface area contributed by atoms with Gasteiger partial charge in [-0.25, -0.2) is 4.79 Å². The molecule has 2 saturated heterocycles. The van der Waals surface area contributed by atoms with Crippen LogP contribution in [0.4, 0.5) is 0 Å². The highest BCUT2D eigenvalue weighted by molar-refractivity contribution is 5.84. The zero-order chi connectivity index (χ0) is 16.7. The Bertz CT molecular complexity index is 819. The molecule has 2 aromatic rings. The Hall–Kier alpha value is -2.12. The van der Waals surface area contributed by atoms with Crippen LogP contribution in [0.15, 0.2) is 27.4 Å². The summed E-state index contributed by atoms with van der Waals surface area (Å²) in [6, 6.07) is 5.19. The zero-order valence-corrected chi connectivity index (χ0v) is 13.3. The molecule has 3 N–H and O–H groups in total. The van der Waals surface area contributed by atoms with Gasteiger partial charge in [-0.3, -0.25) is 9.36 Å². The number of carbonyl (C=O) groups is 1. The van der Waals surface area contributed by atoms with Crippen molar-refractivity contribution in [2.45, 2.75) is 43.9 Å². The van der Waals surface area contributed by atoms with E-state index >= 15 is 0 Å². The Labute approximate surface area is 138 Å². The molecule has 2 unspecified atom stereocenters. The summed E-state index contributed by atoms with van der Waals surface area (Å²) in [5.41, 5.74) is 2.33. The molecule has 2 aliphatic heterocycles. The van der Waals surface area contributed by atoms with Gasteiger partial charge in [0.25, 0.3) is 0 Å². The molecule has 0 spiro atoms. The van der Waals surface area contributed by atoms with Crippen molar-refractivity contribution in [3.05, 3.63) is 34.3 Å². The number of hydrogen-bond acceptors (Lipinski definition) is 5. The summed E-state index contributed by atoms with van der Waals surface area (Å²) in [6.45, 7) is 2.00. The summed E-state index contributed by atoms with van der Waals surface area (Å²) >= 11 is 0. The maximum atomic E-state index is 12.3. The molecular weight excluding hydrogens is 310 g/mol. The lowest BCUT2D eigenvalue weighted by atomic mass is 9.90. The van der Waals surface area contributed by atoms with Crippen molar-refractivity contribution in [2.24, 2.45) is 0 Å². The van der Waals surface area contributed by atoms with Crippen molar-refractivity contribution in [3.63, 3.8) is 0 Å². The van der Waals surface area contributed by atoms with Crippen LogP contribution in [-0.2, 0) is 4.79 Å². The molecule has 1 aromatic heterocycles. The number of nitrogens with zero attached hydrogens (tertiary/aromatic N) is 1. The molecule has 1 amide bonds. The van der Waals surface area contributed by atoms with Gasteiger partial charge in [-0.2, -0.15) is 0 Å². The average Bonchev–Trinajstić information content (AvgIpc) is 2.91. The molecule has 2 atom stereocenters. The molecule has 3 heterocycles. The molecule has 0 saturated carbocycles. The topological polar surface area (TPSA) is 96.5 Å². The van der Waals surface area contributed by atoms with Crippen molar-refractivity contribution in [1.29, 1.82) is 0 Å².